The van der Waals surface area contributed by atoms with Gasteiger partial charge in [-0.15, -0.1) is 0 Å². The second-order valence-corrected chi connectivity index (χ2v) is 4.43. The fraction of sp³-hybridized carbons (Fsp3) is 0.556. The van der Waals surface area contributed by atoms with Crippen LogP contribution >= 0.6 is 15.9 Å². The standard InChI is InChI=1S/C9H12BrN3/c1-13(2)9-11-5-7(10)8(12-9)6-3-4-6/h5-6H,3-4H2,1-2H3. The van der Waals surface area contributed by atoms with Gasteiger partial charge in [-0.25, -0.2) is 9.97 Å². The van der Waals surface area contributed by atoms with E-state index in [4.69, 9.17) is 0 Å². The molecule has 4 heteroatoms. The highest BCUT2D eigenvalue weighted by molar-refractivity contribution is 9.10. The van der Waals surface area contributed by atoms with E-state index in [0.29, 0.717) is 5.92 Å². The molecule has 13 heavy (non-hydrogen) atoms. The van der Waals surface area contributed by atoms with Crippen LogP contribution in [-0.2, 0) is 0 Å². The molecule has 0 spiro atoms. The van der Waals surface area contributed by atoms with Crippen molar-refractivity contribution in [2.24, 2.45) is 0 Å². The lowest BCUT2D eigenvalue weighted by molar-refractivity contribution is 0.923. The van der Waals surface area contributed by atoms with Gasteiger partial charge in [0.1, 0.15) is 0 Å². The predicted molar refractivity (Wildman–Crippen MR) is 56.0 cm³/mol. The van der Waals surface area contributed by atoms with E-state index in [-0.39, 0.29) is 0 Å². The third kappa shape index (κ3) is 1.82. The van der Waals surface area contributed by atoms with Crippen LogP contribution in [0.5, 0.6) is 0 Å². The summed E-state index contributed by atoms with van der Waals surface area (Å²) in [6.45, 7) is 0. The van der Waals surface area contributed by atoms with Gasteiger partial charge >= 0.3 is 0 Å². The summed E-state index contributed by atoms with van der Waals surface area (Å²) in [5.41, 5.74) is 1.17. The number of hydrogen-bond acceptors (Lipinski definition) is 3. The summed E-state index contributed by atoms with van der Waals surface area (Å²) < 4.78 is 1.04. The van der Waals surface area contributed by atoms with E-state index in [1.165, 1.54) is 18.5 Å². The van der Waals surface area contributed by atoms with Crippen LogP contribution in [0.1, 0.15) is 24.5 Å². The van der Waals surface area contributed by atoms with Crippen molar-refractivity contribution < 1.29 is 0 Å². The minimum atomic E-state index is 0.663. The van der Waals surface area contributed by atoms with Gasteiger partial charge < -0.3 is 4.90 Å². The van der Waals surface area contributed by atoms with Gasteiger partial charge in [0.15, 0.2) is 0 Å². The molecule has 2 rings (SSSR count). The molecule has 0 N–H and O–H groups in total. The fourth-order valence-corrected chi connectivity index (χ4v) is 1.74. The van der Waals surface area contributed by atoms with Crippen LogP contribution in [0, 0.1) is 0 Å². The van der Waals surface area contributed by atoms with E-state index in [0.717, 1.165) is 10.4 Å². The van der Waals surface area contributed by atoms with Gasteiger partial charge in [0.2, 0.25) is 5.95 Å². The maximum Gasteiger partial charge on any atom is 0.225 e. The Kier molecular flexibility index (Phi) is 2.24. The maximum absolute atomic E-state index is 4.50. The zero-order valence-electron chi connectivity index (χ0n) is 7.79. The molecule has 70 valence electrons. The lowest BCUT2D eigenvalue weighted by atomic mass is 10.3. The largest absolute Gasteiger partial charge is 0.347 e. The molecule has 1 saturated carbocycles. The zero-order valence-corrected chi connectivity index (χ0v) is 9.37. The van der Waals surface area contributed by atoms with Crippen LogP contribution in [0.15, 0.2) is 10.7 Å². The highest BCUT2D eigenvalue weighted by Crippen LogP contribution is 2.42. The molecule has 1 aromatic heterocycles. The minimum Gasteiger partial charge on any atom is -0.347 e. The summed E-state index contributed by atoms with van der Waals surface area (Å²) in [4.78, 5) is 10.6. The first kappa shape index (κ1) is 8.94. The minimum absolute atomic E-state index is 0.663. The quantitative estimate of drug-likeness (QED) is 0.795. The van der Waals surface area contributed by atoms with Crippen LogP contribution in [-0.4, -0.2) is 24.1 Å². The maximum atomic E-state index is 4.50. The molecular formula is C9H12BrN3. The molecular weight excluding hydrogens is 230 g/mol. The Morgan fingerprint density at radius 2 is 2.15 bits per heavy atom. The topological polar surface area (TPSA) is 29.0 Å². The normalized spacial score (nSPS) is 15.9. The van der Waals surface area contributed by atoms with Crippen molar-refractivity contribution in [3.8, 4) is 0 Å². The van der Waals surface area contributed by atoms with E-state index < -0.39 is 0 Å². The van der Waals surface area contributed by atoms with Crippen LogP contribution in [0.25, 0.3) is 0 Å². The Morgan fingerprint density at radius 3 is 2.69 bits per heavy atom. The molecule has 1 aliphatic carbocycles. The smallest absolute Gasteiger partial charge is 0.225 e. The number of anilines is 1. The van der Waals surface area contributed by atoms with Crippen molar-refractivity contribution in [3.63, 3.8) is 0 Å². The van der Waals surface area contributed by atoms with Gasteiger partial charge in [-0.1, -0.05) is 0 Å². The third-order valence-corrected chi connectivity index (χ3v) is 2.73. The van der Waals surface area contributed by atoms with Crippen LogP contribution < -0.4 is 4.90 Å². The van der Waals surface area contributed by atoms with Gasteiger partial charge in [-0.05, 0) is 28.8 Å². The first-order valence-electron chi connectivity index (χ1n) is 4.38. The van der Waals surface area contributed by atoms with Crippen LogP contribution in [0.4, 0.5) is 5.95 Å². The van der Waals surface area contributed by atoms with Gasteiger partial charge in [0, 0.05) is 26.2 Å². The molecule has 1 aromatic rings. The Bertz CT molecular complexity index is 321. The predicted octanol–water partition coefficient (Wildman–Crippen LogP) is 2.18. The molecule has 0 bridgehead atoms. The molecule has 0 aromatic carbocycles. The van der Waals surface area contributed by atoms with E-state index in [9.17, 15) is 0 Å². The second-order valence-electron chi connectivity index (χ2n) is 3.57. The number of aromatic nitrogens is 2. The summed E-state index contributed by atoms with van der Waals surface area (Å²) in [5.74, 6) is 1.46. The van der Waals surface area contributed by atoms with Gasteiger partial charge in [0.05, 0.1) is 10.2 Å². The number of hydrogen-bond donors (Lipinski definition) is 0. The summed E-state index contributed by atoms with van der Waals surface area (Å²) in [6.07, 6.45) is 4.38. The average molecular weight is 242 g/mol. The lowest BCUT2D eigenvalue weighted by Crippen LogP contribution is -2.13. The SMILES string of the molecule is CN(C)c1ncc(Br)c(C2CC2)n1. The molecule has 0 aliphatic heterocycles. The van der Waals surface area contributed by atoms with Crippen molar-refractivity contribution in [1.29, 1.82) is 0 Å². The van der Waals surface area contributed by atoms with Crippen LogP contribution in [0.2, 0.25) is 0 Å². The number of rotatable bonds is 2. The first-order valence-corrected chi connectivity index (χ1v) is 5.17. The van der Waals surface area contributed by atoms with Crippen LogP contribution in [0.3, 0.4) is 0 Å². The molecule has 0 amide bonds. The summed E-state index contributed by atoms with van der Waals surface area (Å²) in [5, 5.41) is 0. The molecule has 1 heterocycles. The highest BCUT2D eigenvalue weighted by atomic mass is 79.9. The van der Waals surface area contributed by atoms with Gasteiger partial charge in [-0.2, -0.15) is 0 Å². The summed E-state index contributed by atoms with van der Waals surface area (Å²) in [7, 11) is 3.92. The Labute approximate surface area is 86.3 Å². The number of halogens is 1. The van der Waals surface area contributed by atoms with Crippen molar-refractivity contribution in [3.05, 3.63) is 16.4 Å². The van der Waals surface area contributed by atoms with E-state index in [2.05, 4.69) is 25.9 Å². The summed E-state index contributed by atoms with van der Waals surface area (Å²) >= 11 is 3.48. The Hall–Kier alpha value is -0.640. The lowest BCUT2D eigenvalue weighted by Gasteiger charge is -2.11. The zero-order chi connectivity index (χ0) is 9.42. The molecule has 1 fully saturated rings. The molecule has 0 unspecified atom stereocenters. The fourth-order valence-electron chi connectivity index (χ4n) is 1.23. The first-order chi connectivity index (χ1) is 6.18. The van der Waals surface area contributed by atoms with E-state index in [1.807, 2.05) is 25.2 Å². The molecule has 0 atom stereocenters. The van der Waals surface area contributed by atoms with Crippen molar-refractivity contribution in [2.75, 3.05) is 19.0 Å². The van der Waals surface area contributed by atoms with E-state index in [1.54, 1.807) is 0 Å². The monoisotopic (exact) mass is 241 g/mol. The third-order valence-electron chi connectivity index (χ3n) is 2.12. The molecule has 1 aliphatic rings. The molecule has 0 saturated heterocycles. The number of nitrogens with zero attached hydrogens (tertiary/aromatic N) is 3. The molecule has 3 nitrogen and oxygen atoms in total. The van der Waals surface area contributed by atoms with Gasteiger partial charge in [0.25, 0.3) is 0 Å². The Balaban J connectivity index is 2.36. The summed E-state index contributed by atoms with van der Waals surface area (Å²) in [6, 6.07) is 0. The van der Waals surface area contributed by atoms with Gasteiger partial charge in [-0.3, -0.25) is 0 Å². The van der Waals surface area contributed by atoms with E-state index >= 15 is 0 Å². The second kappa shape index (κ2) is 3.25. The highest BCUT2D eigenvalue weighted by Gasteiger charge is 2.27. The van der Waals surface area contributed by atoms with Crippen molar-refractivity contribution >= 4 is 21.9 Å². The van der Waals surface area contributed by atoms with Crippen molar-refractivity contribution in [1.82, 2.24) is 9.97 Å². The molecule has 0 radical (unpaired) electrons. The van der Waals surface area contributed by atoms with Crippen molar-refractivity contribution in [2.45, 2.75) is 18.8 Å². The average Bonchev–Trinajstić information content (AvgIpc) is 2.87. The Morgan fingerprint density at radius 1 is 1.46 bits per heavy atom.